The van der Waals surface area contributed by atoms with Gasteiger partial charge in [0, 0.05) is 120 Å². The van der Waals surface area contributed by atoms with Gasteiger partial charge in [-0.1, -0.05) is 295 Å². The van der Waals surface area contributed by atoms with Gasteiger partial charge >= 0.3 is 0 Å². The van der Waals surface area contributed by atoms with Gasteiger partial charge in [-0.25, -0.2) is 0 Å². The Labute approximate surface area is 812 Å². The summed E-state index contributed by atoms with van der Waals surface area (Å²) in [4.78, 5) is 0. The zero-order chi connectivity index (χ0) is 90.2. The number of rotatable bonds is 5. The molecule has 19 heteroatoms. The monoisotopic (exact) mass is 2200 g/mol. The van der Waals surface area contributed by atoms with E-state index in [4.69, 9.17) is 30.5 Å². The predicted octanol–water partition coefficient (Wildman–Crippen LogP) is 30.6. The molecule has 7 N–H and O–H groups in total. The molecular formula is C110H76Br8O11. The second-order valence-electron chi connectivity index (χ2n) is 29.5. The van der Waals surface area contributed by atoms with Crippen LogP contribution in [-0.2, 0) is 19.8 Å². The molecule has 0 spiro atoms. The van der Waals surface area contributed by atoms with E-state index in [1.54, 1.807) is 24.3 Å². The average molecular weight is 2210 g/mol. The smallest absolute Gasteiger partial charge is 0.230 e. The number of hydrogen-bond acceptors (Lipinski definition) is 11. The number of hydrogen-bond donors (Lipinski definition) is 7. The standard InChI is InChI=1S/C39H26O4.C21H12Br2O2.C20H12Br2O2.C20H14O2.C9H8O.CH2Br2.Br2.H2/c40-23-30-9-3-26(4-10-30)1-7-28-13-17-34-32(21-28)15-19-36-38(34)39-35-18-14-29(8-2-27-5-11-31(24-41)12-6-27)22-33(35)16-20-37(39)43-25-42-36;22-14-3-5-16-12(9-14)1-7-18-20(16)21-17-6-4-15(23)10-13(17)2-8-19(21)25-11-24-18;21-13-3-5-15-11(9-13)1-7-17(23)19(15)20-16-6-4-14(22)10-12(16)2-8-18(20)24;21-17-11-9-13-5-1-3-7-15(13)19(17)20-16-8-4-2-6-14(16)10-12-18(20)22;1-2-8-3-5-9(7-10)6-4-8;2-1-3;1-2;/h3-6,9-22,40-41H,23-25H2;1-10H,11H2;1-10,23-24H;1-12,21-22H;1,3-6,10H,7H2;1H2;;1H. The lowest BCUT2D eigenvalue weighted by molar-refractivity contribution is 0.124. The number of benzene rings is 19. The molecule has 0 radical (unpaired) electrons. The fourth-order valence-corrected chi connectivity index (χ4v) is 17.2. The molecule has 0 fully saturated rings. The first-order valence-corrected chi connectivity index (χ1v) is 49.3. The molecule has 0 saturated carbocycles. The van der Waals surface area contributed by atoms with Crippen LogP contribution in [0.2, 0.25) is 0 Å². The van der Waals surface area contributed by atoms with E-state index in [-0.39, 0.29) is 57.8 Å². The summed E-state index contributed by atoms with van der Waals surface area (Å²) in [6, 6.07) is 106. The molecule has 2 aliphatic heterocycles. The Morgan fingerprint density at radius 3 is 0.767 bits per heavy atom. The minimum Gasteiger partial charge on any atom is -0.507 e. The van der Waals surface area contributed by atoms with Crippen molar-refractivity contribution in [1.29, 1.82) is 0 Å². The molecule has 0 aliphatic carbocycles. The van der Waals surface area contributed by atoms with Gasteiger partial charge in [-0.3, -0.25) is 0 Å². The summed E-state index contributed by atoms with van der Waals surface area (Å²) in [5, 5.41) is 85.7. The van der Waals surface area contributed by atoms with Crippen molar-refractivity contribution in [1.82, 2.24) is 0 Å². The van der Waals surface area contributed by atoms with Crippen LogP contribution in [0.25, 0.3) is 131 Å². The van der Waals surface area contributed by atoms with Crippen LogP contribution in [-0.4, -0.2) is 53.6 Å². The number of aliphatic hydroxyl groups is 3. The highest BCUT2D eigenvalue weighted by atomic mass is 80.9. The number of aromatic hydroxyl groups is 4. The highest BCUT2D eigenvalue weighted by Crippen LogP contribution is 2.52. The van der Waals surface area contributed by atoms with Crippen LogP contribution >= 0.6 is 124 Å². The molecule has 0 amide bonds. The Hall–Kier alpha value is -11.9. The average Bonchev–Trinajstić information content (AvgIpc) is 1.43. The summed E-state index contributed by atoms with van der Waals surface area (Å²) in [6.45, 7) is 0.461. The number of phenols is 4. The van der Waals surface area contributed by atoms with Crippen LogP contribution in [0.3, 0.4) is 0 Å². The number of terminal acetylenes is 1. The van der Waals surface area contributed by atoms with Crippen LogP contribution in [0.4, 0.5) is 0 Å². The summed E-state index contributed by atoms with van der Waals surface area (Å²) in [6.07, 6.45) is 5.13. The van der Waals surface area contributed by atoms with Crippen molar-refractivity contribution in [3.05, 3.63) is 390 Å². The van der Waals surface area contributed by atoms with Crippen LogP contribution < -0.4 is 18.9 Å². The van der Waals surface area contributed by atoms with E-state index in [1.165, 1.54) is 10.8 Å². The fourth-order valence-electron chi connectivity index (χ4n) is 15.7. The molecule has 0 unspecified atom stereocenters. The third kappa shape index (κ3) is 21.0. The highest BCUT2D eigenvalue weighted by molar-refractivity contribution is 9.93. The lowest BCUT2D eigenvalue weighted by Crippen LogP contribution is -2.03. The van der Waals surface area contributed by atoms with Crippen molar-refractivity contribution in [2.45, 2.75) is 19.8 Å². The molecule has 19 aromatic rings. The van der Waals surface area contributed by atoms with E-state index in [0.717, 1.165) is 187 Å². The van der Waals surface area contributed by atoms with Gasteiger partial charge in [-0.15, -0.1) is 6.42 Å². The number of aliphatic hydroxyl groups excluding tert-OH is 3. The normalized spacial score (nSPS) is 11.2. The Balaban J connectivity index is 0.000000137. The first-order valence-electron chi connectivity index (χ1n) is 40.2. The lowest BCUT2D eigenvalue weighted by atomic mass is 9.91. The molecule has 0 aromatic heterocycles. The minimum atomic E-state index is 0. The number of ether oxygens (including phenoxy) is 4. The van der Waals surface area contributed by atoms with Crippen LogP contribution in [0.1, 0.15) is 45.9 Å². The Kier molecular flexibility index (Phi) is 30.6. The zero-order valence-electron chi connectivity index (χ0n) is 68.3. The quantitative estimate of drug-likeness (QED) is 0.0644. The van der Waals surface area contributed by atoms with Gasteiger partial charge in [-0.05, 0) is 261 Å². The van der Waals surface area contributed by atoms with Crippen molar-refractivity contribution in [3.8, 4) is 127 Å². The first-order chi connectivity index (χ1) is 63.0. The summed E-state index contributed by atoms with van der Waals surface area (Å²) < 4.78 is 28.9. The largest absolute Gasteiger partial charge is 0.507 e. The van der Waals surface area contributed by atoms with Gasteiger partial charge in [0.2, 0.25) is 13.6 Å². The maximum atomic E-state index is 10.5. The fraction of sp³-hybridized carbons (Fsp3) is 0.0545. The summed E-state index contributed by atoms with van der Waals surface area (Å²) in [5.74, 6) is 19.4. The van der Waals surface area contributed by atoms with Crippen molar-refractivity contribution >= 4 is 210 Å². The van der Waals surface area contributed by atoms with E-state index < -0.39 is 0 Å². The SMILES string of the molecule is BrBr.BrCBr.Brc1ccc2c3c(ccc2c1)OCOc1ccc2cc(Br)ccc2c1-3.C#Cc1ccc(CO)cc1.OCc1ccc(C#Cc2ccc3c4c(ccc3c2)OCOc2ccc3cc(C#Cc5ccc(CO)cc5)ccc3c2-4)cc1.Oc1ccc2cc(Br)ccc2c1-c1c(O)ccc2cc(Br)ccc12.Oc1ccc2ccccc2c1-c1c(O)ccc2ccccc12.[HH]. The van der Waals surface area contributed by atoms with E-state index in [1.807, 2.05) is 218 Å². The van der Waals surface area contributed by atoms with E-state index in [0.29, 0.717) is 22.3 Å². The summed E-state index contributed by atoms with van der Waals surface area (Å²) in [5.41, 5.74) is 13.9. The molecule has 638 valence electrons. The molecule has 0 atom stereocenters. The maximum Gasteiger partial charge on any atom is 0.230 e. The van der Waals surface area contributed by atoms with Crippen molar-refractivity contribution in [2.24, 2.45) is 0 Å². The molecule has 21 rings (SSSR count). The Morgan fingerprint density at radius 1 is 0.256 bits per heavy atom. The third-order valence-electron chi connectivity index (χ3n) is 21.7. The Bertz CT molecular complexity index is 7200. The predicted molar refractivity (Wildman–Crippen MR) is 557 cm³/mol. The molecule has 2 heterocycles. The van der Waals surface area contributed by atoms with Crippen molar-refractivity contribution in [3.63, 3.8) is 0 Å². The Morgan fingerprint density at radius 2 is 0.481 bits per heavy atom. The molecule has 19 aromatic carbocycles. The van der Waals surface area contributed by atoms with Crippen LogP contribution in [0.5, 0.6) is 46.0 Å². The lowest BCUT2D eigenvalue weighted by Gasteiger charge is -2.14. The van der Waals surface area contributed by atoms with Crippen molar-refractivity contribution < 1.29 is 56.1 Å². The number of alkyl halides is 2. The van der Waals surface area contributed by atoms with Crippen molar-refractivity contribution in [2.75, 3.05) is 17.8 Å². The summed E-state index contributed by atoms with van der Waals surface area (Å²) in [7, 11) is 0. The second-order valence-corrected chi connectivity index (χ2v) is 35.8. The van der Waals surface area contributed by atoms with Gasteiger partial charge in [0.05, 0.1) is 24.1 Å². The van der Waals surface area contributed by atoms with Gasteiger partial charge < -0.3 is 54.7 Å². The van der Waals surface area contributed by atoms with Gasteiger partial charge in [0.15, 0.2) is 0 Å². The van der Waals surface area contributed by atoms with Gasteiger partial charge in [-0.2, -0.15) is 0 Å². The number of fused-ring (bicyclic) bond motifs is 18. The number of halogens is 8. The number of phenolic OH excluding ortho intramolecular Hbond substituents is 4. The van der Waals surface area contributed by atoms with Gasteiger partial charge in [0.25, 0.3) is 0 Å². The second kappa shape index (κ2) is 43.0. The van der Waals surface area contributed by atoms with E-state index in [9.17, 15) is 30.6 Å². The van der Waals surface area contributed by atoms with Gasteiger partial charge in [0.1, 0.15) is 46.0 Å². The molecule has 129 heavy (non-hydrogen) atoms. The first kappa shape index (κ1) is 91.8. The maximum absolute atomic E-state index is 10.5. The van der Waals surface area contributed by atoms with E-state index in [2.05, 4.69) is 238 Å². The molecular weight excluding hydrogens is 2140 g/mol. The topological polar surface area (TPSA) is 179 Å². The minimum absolute atomic E-state index is 0. The molecule has 0 saturated heterocycles. The molecule has 0 bridgehead atoms. The highest BCUT2D eigenvalue weighted by Gasteiger charge is 2.26. The van der Waals surface area contributed by atoms with E-state index >= 15 is 0 Å². The van der Waals surface area contributed by atoms with Crippen LogP contribution in [0.15, 0.2) is 345 Å². The summed E-state index contributed by atoms with van der Waals surface area (Å²) >= 11 is 25.7. The third-order valence-corrected chi connectivity index (χ3v) is 23.7. The van der Waals surface area contributed by atoms with Crippen LogP contribution in [0, 0.1) is 36.0 Å². The molecule has 2 aliphatic rings. The zero-order valence-corrected chi connectivity index (χ0v) is 81.0. The molecule has 11 nitrogen and oxygen atoms in total.